The maximum absolute atomic E-state index is 6.42. The monoisotopic (exact) mass is 1780 g/mol. The Hall–Kier alpha value is -12.7. The maximum atomic E-state index is 6.42. The Balaban J connectivity index is 0.000000101. The fourth-order valence-corrected chi connectivity index (χ4v) is 22.7. The lowest BCUT2D eigenvalue weighted by molar-refractivity contribution is -0.172. The van der Waals surface area contributed by atoms with Gasteiger partial charge in [0.25, 0.3) is 0 Å². The van der Waals surface area contributed by atoms with Gasteiger partial charge in [0.1, 0.15) is 5.58 Å². The molecular formula is C113H124N16O5. The molecule has 0 aliphatic carbocycles. The van der Waals surface area contributed by atoms with Crippen molar-refractivity contribution >= 4 is 144 Å². The number of aryl methyl sites for hydroxylation is 10. The van der Waals surface area contributed by atoms with Crippen LogP contribution in [0.15, 0.2) is 216 Å². The van der Waals surface area contributed by atoms with Crippen LogP contribution < -0.4 is 24.5 Å². The van der Waals surface area contributed by atoms with Crippen LogP contribution in [0.25, 0.3) is 110 Å². The number of nitrogens with zero attached hydrogens (tertiary/aromatic N) is 16. The second-order valence-electron chi connectivity index (χ2n) is 39.2. The first-order valence-electron chi connectivity index (χ1n) is 48.0. The summed E-state index contributed by atoms with van der Waals surface area (Å²) in [7, 11) is 8.78. The van der Waals surface area contributed by atoms with Crippen LogP contribution in [0.3, 0.4) is 0 Å². The molecule has 134 heavy (non-hydrogen) atoms. The fraction of sp³-hybridized carbons (Fsp3) is 0.354. The van der Waals surface area contributed by atoms with Gasteiger partial charge in [-0.05, 0) is 280 Å². The number of benzene rings is 8. The molecule has 0 spiro atoms. The summed E-state index contributed by atoms with van der Waals surface area (Å²) in [5.41, 5.74) is 34.0. The first kappa shape index (κ1) is 87.9. The predicted octanol–water partition coefficient (Wildman–Crippen LogP) is 23.9. The lowest BCUT2D eigenvalue weighted by atomic mass is 9.68. The van der Waals surface area contributed by atoms with Crippen molar-refractivity contribution in [3.8, 4) is 0 Å². The van der Waals surface area contributed by atoms with E-state index < -0.39 is 0 Å². The number of likely N-dealkylation sites (N-methyl/N-ethyl adjacent to an activating group) is 1. The van der Waals surface area contributed by atoms with Crippen molar-refractivity contribution in [2.24, 2.45) is 0 Å². The molecule has 18 aromatic rings. The van der Waals surface area contributed by atoms with E-state index in [2.05, 4.69) is 370 Å². The normalized spacial score (nSPS) is 21.6. The van der Waals surface area contributed by atoms with Crippen LogP contribution >= 0.6 is 0 Å². The summed E-state index contributed by atoms with van der Waals surface area (Å²) >= 11 is 0. The predicted molar refractivity (Wildman–Crippen MR) is 548 cm³/mol. The van der Waals surface area contributed by atoms with Gasteiger partial charge in [0.2, 0.25) is 28.6 Å². The molecule has 0 N–H and O–H groups in total. The molecule has 8 aromatic carbocycles. The zero-order valence-electron chi connectivity index (χ0n) is 81.2. The summed E-state index contributed by atoms with van der Waals surface area (Å²) in [5.74, 6) is 0. The number of hydrogen-bond acceptors (Lipinski definition) is 21. The van der Waals surface area contributed by atoms with Gasteiger partial charge in [0.05, 0.1) is 67.4 Å². The summed E-state index contributed by atoms with van der Waals surface area (Å²) in [6.07, 6.45) is 5.56. The summed E-state index contributed by atoms with van der Waals surface area (Å²) < 4.78 is 31.7. The maximum Gasteiger partial charge on any atom is 0.227 e. The number of anilines is 6. The molecule has 0 amide bonds. The molecule has 5 fully saturated rings. The molecule has 5 saturated heterocycles. The molecule has 8 aliphatic rings. The molecule has 18 heterocycles. The minimum Gasteiger partial charge on any atom is -0.437 e. The van der Waals surface area contributed by atoms with Gasteiger partial charge in [-0.2, -0.15) is 0 Å². The molecule has 0 radical (unpaired) electrons. The summed E-state index contributed by atoms with van der Waals surface area (Å²) in [5, 5.41) is 11.2. The van der Waals surface area contributed by atoms with Crippen molar-refractivity contribution < 1.29 is 22.1 Å². The van der Waals surface area contributed by atoms with Gasteiger partial charge in [-0.15, -0.1) is 0 Å². The molecule has 21 nitrogen and oxygen atoms in total. The number of aromatic nitrogens is 5. The SMILES string of the molecule is Cc1ccc2c(n1)oc1c(C34CN5CN(CN(C5)C3C)C4)c(C)ccc12.Cc1ccc2c(n1)oc1c(N3CCCCN(C)C3C)c(C)ccc12.Cc1ccc2c(n1)oc1c(N3CCc4ccccc4N(C)C3C)c(C)ccc12.Cc1ccc2c(n1)oc1c(N3Cc4ccccc4CN(C)C3C)c(C)ccc12.Cc1ccc2c(n1)oc1c(N3c4ccccc4CCN(C)C3C)c(C)ccc12. The van der Waals surface area contributed by atoms with Crippen molar-refractivity contribution in [3.63, 3.8) is 0 Å². The van der Waals surface area contributed by atoms with E-state index in [0.29, 0.717) is 17.9 Å². The molecule has 10 aromatic heterocycles. The van der Waals surface area contributed by atoms with Gasteiger partial charge in [-0.25, -0.2) is 24.9 Å². The van der Waals surface area contributed by atoms with E-state index in [4.69, 9.17) is 22.1 Å². The smallest absolute Gasteiger partial charge is 0.227 e. The zero-order chi connectivity index (χ0) is 92.7. The average molecular weight is 1790 g/mol. The molecular weight excluding hydrogens is 1660 g/mol. The van der Waals surface area contributed by atoms with Crippen LogP contribution in [0, 0.1) is 69.2 Å². The molecule has 686 valence electrons. The summed E-state index contributed by atoms with van der Waals surface area (Å²) in [6, 6.07) is 69.6. The van der Waals surface area contributed by atoms with Gasteiger partial charge in [0.15, 0.2) is 22.3 Å². The molecule has 8 aliphatic heterocycles. The first-order valence-corrected chi connectivity index (χ1v) is 48.0. The van der Waals surface area contributed by atoms with E-state index in [-0.39, 0.29) is 23.9 Å². The summed E-state index contributed by atoms with van der Waals surface area (Å²) in [4.78, 5) is 50.4. The number of rotatable bonds is 5. The van der Waals surface area contributed by atoms with E-state index in [1.807, 2.05) is 34.6 Å². The van der Waals surface area contributed by atoms with E-state index in [0.717, 1.165) is 219 Å². The largest absolute Gasteiger partial charge is 0.437 e. The Morgan fingerprint density at radius 3 is 1.13 bits per heavy atom. The van der Waals surface area contributed by atoms with Crippen molar-refractivity contribution in [1.29, 1.82) is 0 Å². The molecule has 26 rings (SSSR count). The van der Waals surface area contributed by atoms with Crippen LogP contribution in [0.1, 0.15) is 132 Å². The number of furan rings is 5. The first-order chi connectivity index (χ1) is 64.7. The Kier molecular flexibility index (Phi) is 22.9. The Bertz CT molecular complexity index is 7580. The van der Waals surface area contributed by atoms with E-state index in [9.17, 15) is 0 Å². The highest BCUT2D eigenvalue weighted by molar-refractivity contribution is 6.13. The van der Waals surface area contributed by atoms with Gasteiger partial charge < -0.3 is 46.6 Å². The second-order valence-corrected chi connectivity index (χ2v) is 39.2. The number of pyridine rings is 5. The van der Waals surface area contributed by atoms with Gasteiger partial charge >= 0.3 is 0 Å². The quantitative estimate of drug-likeness (QED) is 0.159. The highest BCUT2D eigenvalue weighted by Crippen LogP contribution is 2.51. The van der Waals surface area contributed by atoms with E-state index in [1.54, 1.807) is 0 Å². The van der Waals surface area contributed by atoms with Gasteiger partial charge in [0, 0.05) is 164 Å². The Morgan fingerprint density at radius 2 is 0.649 bits per heavy atom. The Labute approximate surface area is 785 Å². The lowest BCUT2D eigenvalue weighted by Gasteiger charge is -2.64. The number of fused-ring (bicyclic) bond motifs is 18. The Morgan fingerprint density at radius 1 is 0.299 bits per heavy atom. The lowest BCUT2D eigenvalue weighted by Crippen LogP contribution is -2.77. The minimum absolute atomic E-state index is 0.0985. The molecule has 21 heteroatoms. The fourth-order valence-electron chi connectivity index (χ4n) is 22.7. The average Bonchev–Trinajstić information content (AvgIpc) is 1.33. The molecule has 7 unspecified atom stereocenters. The number of hydrogen-bond donors (Lipinski definition) is 0. The van der Waals surface area contributed by atoms with Crippen molar-refractivity contribution in [1.82, 2.24) is 54.3 Å². The van der Waals surface area contributed by atoms with E-state index in [1.165, 1.54) is 102 Å². The van der Waals surface area contributed by atoms with Crippen LogP contribution in [-0.4, -0.2) is 172 Å². The minimum atomic E-state index is 0.0985. The standard InChI is InChI=1S/3C24H25N3O.C21H24N4O.C20H25N3O/c1-15-9-11-20-21-12-10-16(2)25-24(21)28-23(20)22(15)27-14-19-8-6-5-7-18(19)13-26(4)17(27)3;1-15-9-11-19-20-12-10-16(2)25-24(20)28-23(19)22(15)27-14-13-18-7-5-6-8-21(18)26(4)17(27)3;1-15-9-11-19-20-12-10-16(2)25-24(20)28-23(19)22(15)27-17(3)26(4)14-13-18-7-5-6-8-21(18)27;1-13-4-6-16-17-7-5-14(2)22-20(17)26-19(16)18(13)21-8-23-10-24(9-21)12-25(11-23)15(21)3;1-13-7-9-16-17-10-8-14(2)21-20(17)24-19(16)18(13)23-12-6-5-11-22(4)15(23)3/h3*5-12,17H,13-14H2,1-4H3;4-7,15H,8-12H2,1-3H3;7-10,15H,5-6,11-12H2,1-4H3. The third kappa shape index (κ3) is 15.4. The van der Waals surface area contributed by atoms with Crippen LogP contribution in [-0.2, 0) is 31.3 Å². The number of para-hydroxylation sites is 2. The van der Waals surface area contributed by atoms with Gasteiger partial charge in [-0.1, -0.05) is 121 Å². The van der Waals surface area contributed by atoms with Crippen LogP contribution in [0.5, 0.6) is 0 Å². The van der Waals surface area contributed by atoms with Crippen LogP contribution in [0.4, 0.5) is 34.1 Å². The van der Waals surface area contributed by atoms with Crippen LogP contribution in [0.2, 0.25) is 0 Å². The van der Waals surface area contributed by atoms with Crippen molar-refractivity contribution in [2.45, 2.75) is 179 Å². The highest BCUT2D eigenvalue weighted by Gasteiger charge is 2.56. The zero-order valence-corrected chi connectivity index (χ0v) is 81.2. The third-order valence-electron chi connectivity index (χ3n) is 30.5. The second kappa shape index (κ2) is 34.9. The molecule has 0 saturated carbocycles. The summed E-state index contributed by atoms with van der Waals surface area (Å²) in [6.45, 7) is 44.0. The highest BCUT2D eigenvalue weighted by atomic mass is 16.4. The van der Waals surface area contributed by atoms with Gasteiger partial charge in [-0.3, -0.25) is 29.4 Å². The van der Waals surface area contributed by atoms with Crippen molar-refractivity contribution in [3.05, 3.63) is 278 Å². The van der Waals surface area contributed by atoms with E-state index >= 15 is 0 Å². The third-order valence-corrected chi connectivity index (χ3v) is 30.5. The molecule has 4 bridgehead atoms. The molecule has 7 atom stereocenters. The van der Waals surface area contributed by atoms with Crippen molar-refractivity contribution in [2.75, 3.05) is 112 Å². The topological polar surface area (TPSA) is 166 Å².